The molecule has 0 radical (unpaired) electrons. The van der Waals surface area contributed by atoms with E-state index in [1.165, 1.54) is 58.3 Å². The lowest BCUT2D eigenvalue weighted by Crippen LogP contribution is -2.52. The van der Waals surface area contributed by atoms with Crippen molar-refractivity contribution in [1.82, 2.24) is 9.80 Å². The van der Waals surface area contributed by atoms with E-state index in [-0.39, 0.29) is 0 Å². The lowest BCUT2D eigenvalue weighted by molar-refractivity contribution is 0.0838. The number of hydrogen-bond acceptors (Lipinski definition) is 3. The van der Waals surface area contributed by atoms with Crippen LogP contribution in [0.4, 0.5) is 0 Å². The number of piperidine rings is 2. The van der Waals surface area contributed by atoms with Gasteiger partial charge in [-0.3, -0.25) is 0 Å². The fourth-order valence-corrected chi connectivity index (χ4v) is 3.49. The molecule has 2 heterocycles. The van der Waals surface area contributed by atoms with Crippen molar-refractivity contribution in [2.45, 2.75) is 51.1 Å². The maximum absolute atomic E-state index is 6.29. The zero-order chi connectivity index (χ0) is 12.3. The fourth-order valence-electron chi connectivity index (χ4n) is 3.49. The topological polar surface area (TPSA) is 32.5 Å². The zero-order valence-electron chi connectivity index (χ0n) is 11.6. The zero-order valence-corrected chi connectivity index (χ0v) is 11.6. The molecule has 17 heavy (non-hydrogen) atoms. The summed E-state index contributed by atoms with van der Waals surface area (Å²) in [7, 11) is 2.23. The Bertz CT molecular complexity index is 232. The van der Waals surface area contributed by atoms with Gasteiger partial charge in [0.15, 0.2) is 0 Å². The third kappa shape index (κ3) is 3.43. The molecular formula is C14H29N3. The molecule has 3 unspecified atom stereocenters. The van der Waals surface area contributed by atoms with Crippen LogP contribution in [0.5, 0.6) is 0 Å². The van der Waals surface area contributed by atoms with Crippen LogP contribution < -0.4 is 5.73 Å². The van der Waals surface area contributed by atoms with Gasteiger partial charge in [-0.05, 0) is 51.7 Å². The summed E-state index contributed by atoms with van der Waals surface area (Å²) >= 11 is 0. The molecule has 2 aliphatic heterocycles. The van der Waals surface area contributed by atoms with E-state index < -0.39 is 0 Å². The van der Waals surface area contributed by atoms with Crippen LogP contribution in [0.3, 0.4) is 0 Å². The number of likely N-dealkylation sites (tertiary alicyclic amines) is 2. The first kappa shape index (κ1) is 13.3. The summed E-state index contributed by atoms with van der Waals surface area (Å²) in [5.41, 5.74) is 6.29. The smallest absolute Gasteiger partial charge is 0.0104 e. The van der Waals surface area contributed by atoms with Crippen LogP contribution in [0.15, 0.2) is 0 Å². The quantitative estimate of drug-likeness (QED) is 0.811. The van der Waals surface area contributed by atoms with E-state index in [0.717, 1.165) is 6.04 Å². The molecule has 2 fully saturated rings. The first-order valence-electron chi connectivity index (χ1n) is 7.39. The van der Waals surface area contributed by atoms with Gasteiger partial charge in [0, 0.05) is 25.2 Å². The van der Waals surface area contributed by atoms with Crippen molar-refractivity contribution in [3.8, 4) is 0 Å². The van der Waals surface area contributed by atoms with Crippen molar-refractivity contribution < 1.29 is 0 Å². The Kier molecular flexibility index (Phi) is 4.83. The molecule has 0 aromatic heterocycles. The van der Waals surface area contributed by atoms with E-state index in [1.807, 2.05) is 0 Å². The molecule has 100 valence electrons. The van der Waals surface area contributed by atoms with Crippen molar-refractivity contribution in [3.05, 3.63) is 0 Å². The van der Waals surface area contributed by atoms with Gasteiger partial charge >= 0.3 is 0 Å². The molecular weight excluding hydrogens is 210 g/mol. The van der Waals surface area contributed by atoms with Crippen molar-refractivity contribution in [2.24, 2.45) is 11.7 Å². The average molecular weight is 239 g/mol. The molecule has 3 heteroatoms. The van der Waals surface area contributed by atoms with Crippen LogP contribution in [0, 0.1) is 5.92 Å². The minimum atomic E-state index is 0.422. The maximum Gasteiger partial charge on any atom is 0.0104 e. The van der Waals surface area contributed by atoms with Gasteiger partial charge < -0.3 is 15.5 Å². The van der Waals surface area contributed by atoms with Gasteiger partial charge in [-0.25, -0.2) is 0 Å². The van der Waals surface area contributed by atoms with Crippen LogP contribution in [0.1, 0.15) is 39.0 Å². The van der Waals surface area contributed by atoms with E-state index in [2.05, 4.69) is 23.8 Å². The van der Waals surface area contributed by atoms with Gasteiger partial charge in [-0.1, -0.05) is 13.3 Å². The summed E-state index contributed by atoms with van der Waals surface area (Å²) in [6, 6.07) is 1.24. The molecule has 0 amide bonds. The van der Waals surface area contributed by atoms with Crippen LogP contribution in [0.2, 0.25) is 0 Å². The predicted octanol–water partition coefficient (Wildman–Crippen LogP) is 1.53. The van der Waals surface area contributed by atoms with Gasteiger partial charge in [-0.15, -0.1) is 0 Å². The van der Waals surface area contributed by atoms with Gasteiger partial charge in [0.05, 0.1) is 0 Å². The summed E-state index contributed by atoms with van der Waals surface area (Å²) in [5.74, 6) is 0.681. The Labute approximate surface area is 106 Å². The standard InChI is InChI=1S/C14H29N3/c1-3-13-6-4-5-8-17(13)11-12-10-16(2)9-7-14(12)15/h12-14H,3-11,15H2,1-2H3. The lowest BCUT2D eigenvalue weighted by Gasteiger charge is -2.42. The fraction of sp³-hybridized carbons (Fsp3) is 1.00. The molecule has 3 nitrogen and oxygen atoms in total. The Morgan fingerprint density at radius 1 is 1.18 bits per heavy atom. The van der Waals surface area contributed by atoms with Crippen molar-refractivity contribution >= 4 is 0 Å². The third-order valence-corrected chi connectivity index (χ3v) is 4.69. The number of nitrogens with zero attached hydrogens (tertiary/aromatic N) is 2. The molecule has 3 atom stereocenters. The van der Waals surface area contributed by atoms with E-state index in [9.17, 15) is 0 Å². The lowest BCUT2D eigenvalue weighted by atomic mass is 9.90. The molecule has 0 aromatic carbocycles. The largest absolute Gasteiger partial charge is 0.327 e. The molecule has 2 saturated heterocycles. The summed E-state index contributed by atoms with van der Waals surface area (Å²) in [4.78, 5) is 5.16. The molecule has 0 saturated carbocycles. The van der Waals surface area contributed by atoms with Crippen LogP contribution in [-0.4, -0.2) is 55.1 Å². The number of hydrogen-bond donors (Lipinski definition) is 1. The molecule has 0 aromatic rings. The molecule has 2 rings (SSSR count). The third-order valence-electron chi connectivity index (χ3n) is 4.69. The average Bonchev–Trinajstić information content (AvgIpc) is 2.34. The first-order chi connectivity index (χ1) is 8.20. The van der Waals surface area contributed by atoms with Gasteiger partial charge in [0.2, 0.25) is 0 Å². The van der Waals surface area contributed by atoms with Gasteiger partial charge in [-0.2, -0.15) is 0 Å². The molecule has 0 aliphatic carbocycles. The minimum absolute atomic E-state index is 0.422. The minimum Gasteiger partial charge on any atom is -0.327 e. The summed E-state index contributed by atoms with van der Waals surface area (Å²) in [6.07, 6.45) is 6.68. The first-order valence-corrected chi connectivity index (χ1v) is 7.39. The Hall–Kier alpha value is -0.120. The highest BCUT2D eigenvalue weighted by Crippen LogP contribution is 2.23. The van der Waals surface area contributed by atoms with Gasteiger partial charge in [0.1, 0.15) is 0 Å². The van der Waals surface area contributed by atoms with Crippen LogP contribution >= 0.6 is 0 Å². The van der Waals surface area contributed by atoms with Crippen molar-refractivity contribution in [3.63, 3.8) is 0 Å². The number of rotatable bonds is 3. The highest BCUT2D eigenvalue weighted by molar-refractivity contribution is 4.86. The SMILES string of the molecule is CCC1CCCCN1CC1CN(C)CCC1N. The van der Waals surface area contributed by atoms with Crippen LogP contribution in [0.25, 0.3) is 0 Å². The van der Waals surface area contributed by atoms with E-state index in [1.54, 1.807) is 0 Å². The van der Waals surface area contributed by atoms with Crippen LogP contribution in [-0.2, 0) is 0 Å². The maximum atomic E-state index is 6.29. The van der Waals surface area contributed by atoms with E-state index in [4.69, 9.17) is 5.73 Å². The molecule has 0 bridgehead atoms. The summed E-state index contributed by atoms with van der Waals surface area (Å²) < 4.78 is 0. The summed E-state index contributed by atoms with van der Waals surface area (Å²) in [6.45, 7) is 7.22. The predicted molar refractivity (Wildman–Crippen MR) is 73.1 cm³/mol. The molecule has 2 N–H and O–H groups in total. The van der Waals surface area contributed by atoms with Crippen molar-refractivity contribution in [2.75, 3.05) is 33.2 Å². The monoisotopic (exact) mass is 239 g/mol. The van der Waals surface area contributed by atoms with E-state index in [0.29, 0.717) is 12.0 Å². The Balaban J connectivity index is 1.89. The Morgan fingerprint density at radius 3 is 2.76 bits per heavy atom. The van der Waals surface area contributed by atoms with Crippen molar-refractivity contribution in [1.29, 1.82) is 0 Å². The van der Waals surface area contributed by atoms with Gasteiger partial charge in [0.25, 0.3) is 0 Å². The molecule has 0 spiro atoms. The highest BCUT2D eigenvalue weighted by Gasteiger charge is 2.29. The second-order valence-corrected chi connectivity index (χ2v) is 6.03. The summed E-state index contributed by atoms with van der Waals surface area (Å²) in [5, 5.41) is 0. The normalized spacial score (nSPS) is 37.2. The van der Waals surface area contributed by atoms with E-state index >= 15 is 0 Å². The second kappa shape index (κ2) is 6.17. The Morgan fingerprint density at radius 2 is 2.00 bits per heavy atom. The number of nitrogens with two attached hydrogens (primary N) is 1. The highest BCUT2D eigenvalue weighted by atomic mass is 15.2. The molecule has 2 aliphatic rings. The second-order valence-electron chi connectivity index (χ2n) is 6.03.